The number of hydrogen-bond donors (Lipinski definition) is 3. The maximum absolute atomic E-state index is 10.6. The number of ether oxygens (including phenoxy) is 1. The van der Waals surface area contributed by atoms with Gasteiger partial charge in [0.2, 0.25) is 0 Å². The summed E-state index contributed by atoms with van der Waals surface area (Å²) in [5.74, 6) is 0.477. The van der Waals surface area contributed by atoms with Crippen LogP contribution < -0.4 is 5.73 Å². The molecule has 1 saturated heterocycles. The molecule has 0 aromatic carbocycles. The average Bonchev–Trinajstić information content (AvgIpc) is 2.97. The van der Waals surface area contributed by atoms with E-state index in [4.69, 9.17) is 10.5 Å². The third kappa shape index (κ3) is 2.50. The summed E-state index contributed by atoms with van der Waals surface area (Å²) in [5, 5.41) is 21.2. The number of nitrogens with zero attached hydrogens (tertiary/aromatic N) is 5. The van der Waals surface area contributed by atoms with Gasteiger partial charge in [0.05, 0.1) is 6.33 Å². The lowest BCUT2D eigenvalue weighted by molar-refractivity contribution is -0.0546. The quantitative estimate of drug-likeness (QED) is 0.677. The van der Waals surface area contributed by atoms with Crippen molar-refractivity contribution in [3.05, 3.63) is 12.7 Å². The molecule has 1 spiro atoms. The van der Waals surface area contributed by atoms with E-state index in [0.29, 0.717) is 11.2 Å². The van der Waals surface area contributed by atoms with Crippen LogP contribution in [0.3, 0.4) is 0 Å². The second-order valence-electron chi connectivity index (χ2n) is 7.15. The van der Waals surface area contributed by atoms with E-state index in [1.165, 1.54) is 12.7 Å². The highest BCUT2D eigenvalue weighted by Crippen LogP contribution is 2.57. The zero-order valence-electron chi connectivity index (χ0n) is 14.4. The molecule has 5 atom stereocenters. The molecule has 1 saturated carbocycles. The average molecular weight is 348 g/mol. The summed E-state index contributed by atoms with van der Waals surface area (Å²) in [6.07, 6.45) is 1.96. The Hall–Kier alpha value is -1.81. The Bertz CT molecular complexity index is 782. The summed E-state index contributed by atoms with van der Waals surface area (Å²) < 4.78 is 7.79. The van der Waals surface area contributed by atoms with E-state index >= 15 is 0 Å². The van der Waals surface area contributed by atoms with Crippen LogP contribution >= 0.6 is 0 Å². The van der Waals surface area contributed by atoms with Crippen molar-refractivity contribution < 1.29 is 14.9 Å². The number of aromatic nitrogens is 4. The Labute approximate surface area is 145 Å². The molecule has 2 fully saturated rings. The van der Waals surface area contributed by atoms with Crippen LogP contribution in [-0.2, 0) is 4.74 Å². The van der Waals surface area contributed by atoms with Crippen LogP contribution in [-0.4, -0.2) is 72.6 Å². The molecular formula is C16H24N6O3. The van der Waals surface area contributed by atoms with Crippen LogP contribution in [0.4, 0.5) is 5.82 Å². The Balaban J connectivity index is 1.58. The van der Waals surface area contributed by atoms with Crippen molar-refractivity contribution in [2.75, 3.05) is 25.9 Å². The van der Waals surface area contributed by atoms with Gasteiger partial charge in [0.1, 0.15) is 29.7 Å². The van der Waals surface area contributed by atoms with Gasteiger partial charge in [0.15, 0.2) is 17.7 Å². The van der Waals surface area contributed by atoms with Crippen molar-refractivity contribution in [3.63, 3.8) is 0 Å². The lowest BCUT2D eigenvalue weighted by Crippen LogP contribution is -2.35. The molecule has 136 valence electrons. The second kappa shape index (κ2) is 5.87. The summed E-state index contributed by atoms with van der Waals surface area (Å²) in [6, 6.07) is 0. The van der Waals surface area contributed by atoms with E-state index in [0.717, 1.165) is 25.9 Å². The second-order valence-corrected chi connectivity index (χ2v) is 7.15. The van der Waals surface area contributed by atoms with Crippen LogP contribution in [0.15, 0.2) is 12.7 Å². The fourth-order valence-corrected chi connectivity index (χ4v) is 3.99. The SMILES string of the molecule is CCCN(C)C[C@H]1C[C@]12O[C@@H](n1cnc3c(N)ncnc31)[C@@H](O)C2O. The molecule has 9 heteroatoms. The number of nitrogen functional groups attached to an aromatic ring is 1. The highest BCUT2D eigenvalue weighted by atomic mass is 16.6. The zero-order valence-corrected chi connectivity index (χ0v) is 14.4. The van der Waals surface area contributed by atoms with E-state index in [1.807, 2.05) is 0 Å². The molecule has 0 amide bonds. The monoisotopic (exact) mass is 348 g/mol. The molecule has 9 nitrogen and oxygen atoms in total. The number of nitrogens with two attached hydrogens (primary N) is 1. The fourth-order valence-electron chi connectivity index (χ4n) is 3.99. The van der Waals surface area contributed by atoms with E-state index < -0.39 is 24.0 Å². The van der Waals surface area contributed by atoms with Crippen molar-refractivity contribution in [3.8, 4) is 0 Å². The van der Waals surface area contributed by atoms with Gasteiger partial charge >= 0.3 is 0 Å². The van der Waals surface area contributed by atoms with Gasteiger partial charge in [0, 0.05) is 12.5 Å². The van der Waals surface area contributed by atoms with Gasteiger partial charge in [-0.2, -0.15) is 0 Å². The van der Waals surface area contributed by atoms with Gasteiger partial charge in [-0.05, 0) is 26.4 Å². The number of imidazole rings is 1. The molecule has 1 aliphatic heterocycles. The minimum Gasteiger partial charge on any atom is -0.387 e. The third-order valence-corrected chi connectivity index (χ3v) is 5.35. The zero-order chi connectivity index (χ0) is 17.8. The summed E-state index contributed by atoms with van der Waals surface area (Å²) >= 11 is 0. The van der Waals surface area contributed by atoms with Crippen LogP contribution in [0.2, 0.25) is 0 Å². The predicted molar refractivity (Wildman–Crippen MR) is 90.5 cm³/mol. The smallest absolute Gasteiger partial charge is 0.167 e. The number of aliphatic hydroxyl groups excluding tert-OH is 2. The van der Waals surface area contributed by atoms with Gasteiger partial charge in [-0.25, -0.2) is 15.0 Å². The lowest BCUT2D eigenvalue weighted by Gasteiger charge is -2.19. The minimum atomic E-state index is -1.05. The van der Waals surface area contributed by atoms with Gasteiger partial charge in [-0.15, -0.1) is 0 Å². The first-order chi connectivity index (χ1) is 12.0. The molecule has 2 aromatic heterocycles. The molecule has 2 aromatic rings. The Kier molecular flexibility index (Phi) is 3.91. The summed E-state index contributed by atoms with van der Waals surface area (Å²) in [4.78, 5) is 14.6. The maximum Gasteiger partial charge on any atom is 0.167 e. The molecule has 3 heterocycles. The first kappa shape index (κ1) is 16.6. The van der Waals surface area contributed by atoms with E-state index in [9.17, 15) is 10.2 Å². The highest BCUT2D eigenvalue weighted by Gasteiger charge is 2.68. The van der Waals surface area contributed by atoms with Crippen molar-refractivity contribution in [2.24, 2.45) is 5.92 Å². The van der Waals surface area contributed by atoms with E-state index in [1.54, 1.807) is 4.57 Å². The molecule has 0 radical (unpaired) electrons. The van der Waals surface area contributed by atoms with Gasteiger partial charge in [-0.3, -0.25) is 4.57 Å². The number of rotatable bonds is 5. The van der Waals surface area contributed by atoms with Crippen LogP contribution in [0.25, 0.3) is 11.2 Å². The molecule has 1 unspecified atom stereocenters. The van der Waals surface area contributed by atoms with Gasteiger partial charge < -0.3 is 25.6 Å². The third-order valence-electron chi connectivity index (χ3n) is 5.35. The molecule has 1 aliphatic carbocycles. The van der Waals surface area contributed by atoms with E-state index in [2.05, 4.69) is 33.8 Å². The first-order valence-electron chi connectivity index (χ1n) is 8.63. The lowest BCUT2D eigenvalue weighted by atomic mass is 10.1. The molecule has 4 N–H and O–H groups in total. The summed E-state index contributed by atoms with van der Waals surface area (Å²) in [7, 11) is 2.06. The normalized spacial score (nSPS) is 34.4. The highest BCUT2D eigenvalue weighted by molar-refractivity contribution is 5.81. The molecule has 2 aliphatic rings. The number of aliphatic hydroxyl groups is 2. The van der Waals surface area contributed by atoms with E-state index in [-0.39, 0.29) is 11.7 Å². The topological polar surface area (TPSA) is 123 Å². The molecule has 0 bridgehead atoms. The van der Waals surface area contributed by atoms with Crippen molar-refractivity contribution in [1.82, 2.24) is 24.4 Å². The van der Waals surface area contributed by atoms with Gasteiger partial charge in [0.25, 0.3) is 0 Å². The first-order valence-corrected chi connectivity index (χ1v) is 8.63. The van der Waals surface area contributed by atoms with Gasteiger partial charge in [-0.1, -0.05) is 6.92 Å². The molecular weight excluding hydrogens is 324 g/mol. The predicted octanol–water partition coefficient (Wildman–Crippen LogP) is -0.240. The summed E-state index contributed by atoms with van der Waals surface area (Å²) in [6.45, 7) is 3.97. The Morgan fingerprint density at radius 1 is 1.40 bits per heavy atom. The Morgan fingerprint density at radius 2 is 2.20 bits per heavy atom. The van der Waals surface area contributed by atoms with Crippen molar-refractivity contribution >= 4 is 17.0 Å². The summed E-state index contributed by atoms with van der Waals surface area (Å²) in [5.41, 5.74) is 6.07. The standard InChI is InChI=1S/C16H24N6O3/c1-3-4-21(2)6-9-5-16(9)12(24)11(23)15(25-16)22-8-20-10-13(17)18-7-19-14(10)22/h7-9,11-12,15,23-24H,3-6H2,1-2H3,(H2,17,18,19)/t9-,11+,12?,15-,16+/m1/s1. The van der Waals surface area contributed by atoms with Crippen LogP contribution in [0.5, 0.6) is 0 Å². The fraction of sp³-hybridized carbons (Fsp3) is 0.688. The van der Waals surface area contributed by atoms with Crippen LogP contribution in [0.1, 0.15) is 26.0 Å². The molecule has 4 rings (SSSR count). The number of hydrogen-bond acceptors (Lipinski definition) is 8. The van der Waals surface area contributed by atoms with Crippen molar-refractivity contribution in [2.45, 2.75) is 43.8 Å². The van der Waals surface area contributed by atoms with Crippen molar-refractivity contribution in [1.29, 1.82) is 0 Å². The maximum atomic E-state index is 10.6. The van der Waals surface area contributed by atoms with Crippen LogP contribution in [0, 0.1) is 5.92 Å². The minimum absolute atomic E-state index is 0.202. The largest absolute Gasteiger partial charge is 0.387 e. The number of fused-ring (bicyclic) bond motifs is 1. The molecule has 25 heavy (non-hydrogen) atoms. The Morgan fingerprint density at radius 3 is 2.96 bits per heavy atom. The number of anilines is 1.